The van der Waals surface area contributed by atoms with E-state index in [1.807, 2.05) is 6.92 Å². The SMILES string of the molecule is CCc1nc2cc(C(=O)N=Nc3c(O)[nH]c4cccc(Cl)c34)ccc2o1. The molecule has 4 aromatic rings. The Labute approximate surface area is 152 Å². The van der Waals surface area contributed by atoms with Crippen LogP contribution in [-0.4, -0.2) is 21.0 Å². The molecule has 2 heterocycles. The molecule has 0 aliphatic rings. The van der Waals surface area contributed by atoms with Crippen molar-refractivity contribution in [3.05, 3.63) is 52.9 Å². The molecule has 0 fully saturated rings. The van der Waals surface area contributed by atoms with Gasteiger partial charge in [-0.2, -0.15) is 0 Å². The normalized spacial score (nSPS) is 11.8. The van der Waals surface area contributed by atoms with E-state index in [4.69, 9.17) is 16.0 Å². The van der Waals surface area contributed by atoms with Gasteiger partial charge in [-0.1, -0.05) is 24.6 Å². The fraction of sp³-hybridized carbons (Fsp3) is 0.111. The molecule has 2 aromatic heterocycles. The number of carbonyl (C=O) groups is 1. The van der Waals surface area contributed by atoms with Crippen LogP contribution in [0.1, 0.15) is 23.2 Å². The van der Waals surface area contributed by atoms with Gasteiger partial charge in [-0.05, 0) is 30.3 Å². The molecule has 2 N–H and O–H groups in total. The van der Waals surface area contributed by atoms with Gasteiger partial charge >= 0.3 is 0 Å². The predicted octanol–water partition coefficient (Wildman–Crippen LogP) is 5.15. The van der Waals surface area contributed by atoms with Gasteiger partial charge in [-0.15, -0.1) is 10.2 Å². The number of rotatable bonds is 3. The summed E-state index contributed by atoms with van der Waals surface area (Å²) in [5.41, 5.74) is 2.24. The van der Waals surface area contributed by atoms with E-state index in [9.17, 15) is 9.90 Å². The van der Waals surface area contributed by atoms with Gasteiger partial charge in [0.1, 0.15) is 5.52 Å². The van der Waals surface area contributed by atoms with Crippen molar-refractivity contribution >= 4 is 45.2 Å². The number of azo groups is 1. The van der Waals surface area contributed by atoms with Crippen LogP contribution in [0, 0.1) is 0 Å². The number of fused-ring (bicyclic) bond motifs is 2. The van der Waals surface area contributed by atoms with Crippen molar-refractivity contribution in [2.45, 2.75) is 13.3 Å². The summed E-state index contributed by atoms with van der Waals surface area (Å²) in [6, 6.07) is 10.0. The average molecular weight is 369 g/mol. The lowest BCUT2D eigenvalue weighted by atomic mass is 10.2. The van der Waals surface area contributed by atoms with Gasteiger partial charge in [0, 0.05) is 17.4 Å². The number of aromatic nitrogens is 2. The number of aromatic hydroxyl groups is 1. The van der Waals surface area contributed by atoms with Gasteiger partial charge in [0.15, 0.2) is 17.2 Å². The largest absolute Gasteiger partial charge is 0.493 e. The zero-order chi connectivity index (χ0) is 18.3. The minimum atomic E-state index is -0.561. The number of benzene rings is 2. The van der Waals surface area contributed by atoms with E-state index >= 15 is 0 Å². The summed E-state index contributed by atoms with van der Waals surface area (Å²) in [5, 5.41) is 18.5. The molecular formula is C18H13ClN4O3. The molecule has 0 saturated heterocycles. The number of hydrogen-bond acceptors (Lipinski definition) is 5. The first kappa shape index (κ1) is 16.3. The van der Waals surface area contributed by atoms with E-state index in [1.54, 1.807) is 36.4 Å². The summed E-state index contributed by atoms with van der Waals surface area (Å²) in [6.07, 6.45) is 0.665. The van der Waals surface area contributed by atoms with Gasteiger partial charge in [0.2, 0.25) is 5.88 Å². The first-order chi connectivity index (χ1) is 12.6. The molecule has 0 unspecified atom stereocenters. The molecule has 4 rings (SSSR count). The van der Waals surface area contributed by atoms with Crippen molar-refractivity contribution in [1.82, 2.24) is 9.97 Å². The highest BCUT2D eigenvalue weighted by Gasteiger charge is 2.15. The van der Waals surface area contributed by atoms with E-state index in [0.717, 1.165) is 0 Å². The van der Waals surface area contributed by atoms with Crippen molar-refractivity contribution in [1.29, 1.82) is 0 Å². The number of halogens is 1. The summed E-state index contributed by atoms with van der Waals surface area (Å²) in [7, 11) is 0. The van der Waals surface area contributed by atoms with Crippen LogP contribution in [0.25, 0.3) is 22.0 Å². The number of hydrogen-bond donors (Lipinski definition) is 2. The van der Waals surface area contributed by atoms with Crippen molar-refractivity contribution in [3.8, 4) is 5.88 Å². The van der Waals surface area contributed by atoms with E-state index in [0.29, 0.717) is 44.9 Å². The second-order valence-corrected chi connectivity index (χ2v) is 6.04. The molecule has 130 valence electrons. The molecule has 0 aliphatic heterocycles. The Morgan fingerprint density at radius 3 is 3.00 bits per heavy atom. The van der Waals surface area contributed by atoms with Crippen molar-refractivity contribution < 1.29 is 14.3 Å². The van der Waals surface area contributed by atoms with Crippen LogP contribution < -0.4 is 0 Å². The summed E-state index contributed by atoms with van der Waals surface area (Å²) in [4.78, 5) is 19.4. The third kappa shape index (κ3) is 2.72. The quantitative estimate of drug-likeness (QED) is 0.487. The van der Waals surface area contributed by atoms with Gasteiger partial charge in [-0.3, -0.25) is 4.79 Å². The number of aromatic amines is 1. The maximum absolute atomic E-state index is 12.3. The fourth-order valence-electron chi connectivity index (χ4n) is 2.68. The van der Waals surface area contributed by atoms with Crippen LogP contribution >= 0.6 is 11.6 Å². The molecule has 0 saturated carbocycles. The van der Waals surface area contributed by atoms with Crippen LogP contribution in [0.2, 0.25) is 5.02 Å². The molecule has 26 heavy (non-hydrogen) atoms. The van der Waals surface area contributed by atoms with Crippen molar-refractivity contribution in [3.63, 3.8) is 0 Å². The molecule has 1 amide bonds. The van der Waals surface area contributed by atoms with Crippen molar-refractivity contribution in [2.24, 2.45) is 10.2 Å². The average Bonchev–Trinajstić information content (AvgIpc) is 3.19. The molecule has 0 spiro atoms. The van der Waals surface area contributed by atoms with Crippen LogP contribution in [0.15, 0.2) is 51.0 Å². The Morgan fingerprint density at radius 2 is 2.19 bits per heavy atom. The van der Waals surface area contributed by atoms with E-state index in [1.165, 1.54) is 0 Å². The molecule has 8 heteroatoms. The Balaban J connectivity index is 1.69. The van der Waals surface area contributed by atoms with E-state index in [2.05, 4.69) is 20.2 Å². The molecule has 0 aliphatic carbocycles. The molecule has 7 nitrogen and oxygen atoms in total. The van der Waals surface area contributed by atoms with Crippen molar-refractivity contribution in [2.75, 3.05) is 0 Å². The maximum atomic E-state index is 12.3. The van der Waals surface area contributed by atoms with E-state index < -0.39 is 5.91 Å². The smallest absolute Gasteiger partial charge is 0.295 e. The monoisotopic (exact) mass is 368 g/mol. The zero-order valence-electron chi connectivity index (χ0n) is 13.7. The molecule has 0 atom stereocenters. The van der Waals surface area contributed by atoms with Crippen LogP contribution in [-0.2, 0) is 6.42 Å². The number of oxazole rings is 1. The number of nitrogens with one attached hydrogen (secondary N) is 1. The van der Waals surface area contributed by atoms with E-state index in [-0.39, 0.29) is 11.6 Å². The second kappa shape index (κ2) is 6.27. The Bertz CT molecular complexity index is 1180. The van der Waals surface area contributed by atoms with Crippen LogP contribution in [0.4, 0.5) is 5.69 Å². The summed E-state index contributed by atoms with van der Waals surface area (Å²) in [5.74, 6) is -0.164. The van der Waals surface area contributed by atoms with Gasteiger partial charge in [0.05, 0.1) is 10.5 Å². The predicted molar refractivity (Wildman–Crippen MR) is 97.2 cm³/mol. The van der Waals surface area contributed by atoms with Crippen LogP contribution in [0.5, 0.6) is 5.88 Å². The maximum Gasteiger partial charge on any atom is 0.295 e. The zero-order valence-corrected chi connectivity index (χ0v) is 14.4. The molecule has 2 aromatic carbocycles. The lowest BCUT2D eigenvalue weighted by Crippen LogP contribution is -1.93. The second-order valence-electron chi connectivity index (χ2n) is 5.63. The molecular weight excluding hydrogens is 356 g/mol. The minimum Gasteiger partial charge on any atom is -0.493 e. The summed E-state index contributed by atoms with van der Waals surface area (Å²) >= 11 is 6.15. The topological polar surface area (TPSA) is 104 Å². The number of H-pyrrole nitrogens is 1. The third-order valence-corrected chi connectivity index (χ3v) is 4.26. The molecule has 0 radical (unpaired) electrons. The van der Waals surface area contributed by atoms with Gasteiger partial charge < -0.3 is 14.5 Å². The summed E-state index contributed by atoms with van der Waals surface area (Å²) in [6.45, 7) is 1.93. The van der Waals surface area contributed by atoms with Gasteiger partial charge in [-0.25, -0.2) is 4.98 Å². The Morgan fingerprint density at radius 1 is 1.35 bits per heavy atom. The highest BCUT2D eigenvalue weighted by Crippen LogP contribution is 2.39. The highest BCUT2D eigenvalue weighted by atomic mass is 35.5. The number of amides is 1. The number of carbonyl (C=O) groups excluding carboxylic acids is 1. The Hall–Kier alpha value is -3.19. The summed E-state index contributed by atoms with van der Waals surface area (Å²) < 4.78 is 5.52. The number of aryl methyl sites for hydroxylation is 1. The van der Waals surface area contributed by atoms with Gasteiger partial charge in [0.25, 0.3) is 5.91 Å². The fourth-order valence-corrected chi connectivity index (χ4v) is 2.95. The lowest BCUT2D eigenvalue weighted by molar-refractivity contribution is 0.0995. The highest BCUT2D eigenvalue weighted by molar-refractivity contribution is 6.36. The minimum absolute atomic E-state index is 0.120. The first-order valence-electron chi connectivity index (χ1n) is 7.91. The lowest BCUT2D eigenvalue weighted by Gasteiger charge is -1.96. The standard InChI is InChI=1S/C18H13ClN4O3/c1-2-14-20-12-8-9(6-7-13(12)26-14)17(24)23-22-16-15-10(19)4-3-5-11(15)21-18(16)25/h3-8,21,25H,2H2,1H3. The van der Waals surface area contributed by atoms with Crippen LogP contribution in [0.3, 0.4) is 0 Å². The molecule has 0 bridgehead atoms. The Kier molecular flexibility index (Phi) is 3.93. The number of nitrogens with zero attached hydrogens (tertiary/aromatic N) is 3. The first-order valence-corrected chi connectivity index (χ1v) is 8.29. The third-order valence-electron chi connectivity index (χ3n) is 3.95.